The van der Waals surface area contributed by atoms with Crippen LogP contribution in [0.2, 0.25) is 0 Å². The fourth-order valence-corrected chi connectivity index (χ4v) is 7.83. The van der Waals surface area contributed by atoms with Crippen molar-refractivity contribution in [3.05, 3.63) is 57.2 Å². The van der Waals surface area contributed by atoms with Crippen LogP contribution in [0.25, 0.3) is 10.2 Å². The lowest BCUT2D eigenvalue weighted by molar-refractivity contribution is -0.121. The normalized spacial score (nSPS) is 19.4. The number of nitrogens with one attached hydrogen (secondary N) is 1. The second kappa shape index (κ2) is 9.55. The molecule has 1 aliphatic heterocycles. The number of benzene rings is 1. The smallest absolute Gasteiger partial charge is 0.263 e. The van der Waals surface area contributed by atoms with Gasteiger partial charge in [0.15, 0.2) is 0 Å². The first-order valence-corrected chi connectivity index (χ1v) is 13.3. The average Bonchev–Trinajstić information content (AvgIpc) is 3.12. The molecule has 4 rings (SSSR count). The summed E-state index contributed by atoms with van der Waals surface area (Å²) < 4.78 is 42.8. The van der Waals surface area contributed by atoms with Crippen LogP contribution < -0.4 is 10.9 Å². The first-order valence-electron chi connectivity index (χ1n) is 11.1. The third-order valence-electron chi connectivity index (χ3n) is 5.95. The number of hydrogen-bond donors (Lipinski definition) is 1. The van der Waals surface area contributed by atoms with Crippen molar-refractivity contribution in [1.29, 1.82) is 0 Å². The number of rotatable bonds is 6. The lowest BCUT2D eigenvalue weighted by Gasteiger charge is -2.34. The molecule has 34 heavy (non-hydrogen) atoms. The molecule has 2 atom stereocenters. The van der Waals surface area contributed by atoms with Crippen molar-refractivity contribution in [3.63, 3.8) is 0 Å². The summed E-state index contributed by atoms with van der Waals surface area (Å²) >= 11 is 1.16. The number of nitrogens with zero attached hydrogens (tertiary/aromatic N) is 3. The lowest BCUT2D eigenvalue weighted by Crippen LogP contribution is -2.43. The molecule has 0 spiro atoms. The van der Waals surface area contributed by atoms with Crippen LogP contribution in [0.15, 0.2) is 40.3 Å². The number of carbonyl (C=O) groups excluding carboxylic acids is 1. The Morgan fingerprint density at radius 2 is 1.85 bits per heavy atom. The number of piperidine rings is 1. The third kappa shape index (κ3) is 4.91. The molecule has 3 heterocycles. The van der Waals surface area contributed by atoms with E-state index in [4.69, 9.17) is 0 Å². The molecule has 2 aromatic heterocycles. The van der Waals surface area contributed by atoms with E-state index in [0.29, 0.717) is 28.4 Å². The fraction of sp³-hybridized carbons (Fsp3) is 0.435. The van der Waals surface area contributed by atoms with E-state index in [1.54, 1.807) is 19.1 Å². The van der Waals surface area contributed by atoms with Crippen molar-refractivity contribution in [1.82, 2.24) is 19.2 Å². The van der Waals surface area contributed by atoms with E-state index in [0.717, 1.165) is 22.3 Å². The molecule has 3 aromatic rings. The van der Waals surface area contributed by atoms with E-state index in [2.05, 4.69) is 10.3 Å². The summed E-state index contributed by atoms with van der Waals surface area (Å²) in [6.45, 7) is 6.40. The maximum absolute atomic E-state index is 13.6. The molecule has 1 fully saturated rings. The molecule has 1 saturated heterocycles. The highest BCUT2D eigenvalue weighted by atomic mass is 32.2. The predicted octanol–water partition coefficient (Wildman–Crippen LogP) is 2.89. The topological polar surface area (TPSA) is 101 Å². The summed E-state index contributed by atoms with van der Waals surface area (Å²) in [6.07, 6.45) is 2.22. The van der Waals surface area contributed by atoms with Gasteiger partial charge >= 0.3 is 0 Å². The summed E-state index contributed by atoms with van der Waals surface area (Å²) in [5.41, 5.74) is 0.144. The molecule has 1 N–H and O–H groups in total. The molecule has 0 unspecified atom stereocenters. The number of carbonyl (C=O) groups is 1. The Kier molecular flexibility index (Phi) is 6.88. The molecular formula is C23H27FN4O4S2. The van der Waals surface area contributed by atoms with Crippen molar-refractivity contribution >= 4 is 37.5 Å². The van der Waals surface area contributed by atoms with E-state index in [9.17, 15) is 22.4 Å². The van der Waals surface area contributed by atoms with Crippen molar-refractivity contribution in [3.8, 4) is 0 Å². The largest absolute Gasteiger partial charge is 0.350 e. The van der Waals surface area contributed by atoms with Gasteiger partial charge in [0.05, 0.1) is 11.7 Å². The fourth-order valence-electron chi connectivity index (χ4n) is 4.48. The number of fused-ring (bicyclic) bond motifs is 1. The Bertz CT molecular complexity index is 1370. The summed E-state index contributed by atoms with van der Waals surface area (Å²) in [6, 6.07) is 5.72. The quantitative estimate of drug-likeness (QED) is 0.554. The molecule has 11 heteroatoms. The number of aryl methyl sites for hydroxylation is 1. The lowest BCUT2D eigenvalue weighted by atomic mass is 9.94. The Labute approximate surface area is 201 Å². The van der Waals surface area contributed by atoms with E-state index in [1.165, 1.54) is 22.8 Å². The van der Waals surface area contributed by atoms with Gasteiger partial charge in [0, 0.05) is 24.5 Å². The van der Waals surface area contributed by atoms with Crippen LogP contribution in [0.5, 0.6) is 0 Å². The number of sulfonamides is 1. The van der Waals surface area contributed by atoms with Gasteiger partial charge in [0.2, 0.25) is 15.9 Å². The van der Waals surface area contributed by atoms with Crippen LogP contribution >= 0.6 is 11.3 Å². The highest BCUT2D eigenvalue weighted by Gasteiger charge is 2.35. The molecule has 1 aromatic carbocycles. The Morgan fingerprint density at radius 1 is 1.21 bits per heavy atom. The molecule has 0 aliphatic carbocycles. The van der Waals surface area contributed by atoms with Gasteiger partial charge in [-0.2, -0.15) is 4.31 Å². The Hall–Kier alpha value is -2.63. The van der Waals surface area contributed by atoms with Gasteiger partial charge < -0.3 is 5.32 Å². The summed E-state index contributed by atoms with van der Waals surface area (Å²) in [7, 11) is -3.90. The first-order chi connectivity index (χ1) is 16.1. The van der Waals surface area contributed by atoms with E-state index in [-0.39, 0.29) is 41.0 Å². The van der Waals surface area contributed by atoms with Gasteiger partial charge in [-0.05, 0) is 42.9 Å². The van der Waals surface area contributed by atoms with Gasteiger partial charge in [-0.3, -0.25) is 14.2 Å². The highest BCUT2D eigenvalue weighted by molar-refractivity contribution is 7.89. The number of halogens is 1. The number of aromatic nitrogens is 2. The van der Waals surface area contributed by atoms with Gasteiger partial charge in [-0.25, -0.2) is 17.8 Å². The molecule has 8 nitrogen and oxygen atoms in total. The van der Waals surface area contributed by atoms with Gasteiger partial charge in [-0.1, -0.05) is 26.0 Å². The van der Waals surface area contributed by atoms with Crippen LogP contribution in [0.4, 0.5) is 4.39 Å². The maximum atomic E-state index is 13.6. The molecule has 0 bridgehead atoms. The predicted molar refractivity (Wildman–Crippen MR) is 129 cm³/mol. The zero-order valence-electron chi connectivity index (χ0n) is 19.2. The second-order valence-electron chi connectivity index (χ2n) is 9.02. The second-order valence-corrected chi connectivity index (χ2v) is 12.1. The van der Waals surface area contributed by atoms with Crippen LogP contribution in [-0.4, -0.2) is 41.3 Å². The minimum absolute atomic E-state index is 0.00706. The van der Waals surface area contributed by atoms with Gasteiger partial charge in [0.25, 0.3) is 5.56 Å². The SMILES string of the molecule is Cc1sc2ncn(CC(=O)NCc3ccc(F)cc3)c(=O)c2c1S(=O)(=O)N1C[C@H](C)C[C@@H](C)C1. The van der Waals surface area contributed by atoms with Crippen molar-refractivity contribution < 1.29 is 17.6 Å². The molecule has 1 amide bonds. The van der Waals surface area contributed by atoms with E-state index in [1.807, 2.05) is 13.8 Å². The summed E-state index contributed by atoms with van der Waals surface area (Å²) in [5.74, 6) is -0.361. The average molecular weight is 507 g/mol. The minimum Gasteiger partial charge on any atom is -0.350 e. The number of amides is 1. The molecule has 0 saturated carbocycles. The molecule has 182 valence electrons. The standard InChI is InChI=1S/C23H27FN4O4S2/c1-14-8-15(2)11-28(10-14)34(31,32)21-16(3)33-22-20(21)23(30)27(13-26-22)12-19(29)25-9-17-4-6-18(24)7-5-17/h4-7,13-15H,8-12H2,1-3H3,(H,25,29)/t14-,15-/m1/s1. The van der Waals surface area contributed by atoms with Crippen LogP contribution in [0, 0.1) is 24.6 Å². The molecule has 0 radical (unpaired) electrons. The molecular weight excluding hydrogens is 479 g/mol. The van der Waals surface area contributed by atoms with Gasteiger partial charge in [-0.15, -0.1) is 11.3 Å². The Balaban J connectivity index is 1.62. The van der Waals surface area contributed by atoms with Crippen molar-refractivity contribution in [2.45, 2.75) is 45.2 Å². The zero-order valence-corrected chi connectivity index (χ0v) is 20.9. The minimum atomic E-state index is -3.90. The monoisotopic (exact) mass is 506 g/mol. The third-order valence-corrected chi connectivity index (χ3v) is 9.10. The van der Waals surface area contributed by atoms with E-state index < -0.39 is 21.5 Å². The maximum Gasteiger partial charge on any atom is 0.263 e. The van der Waals surface area contributed by atoms with Crippen molar-refractivity contribution in [2.24, 2.45) is 11.8 Å². The van der Waals surface area contributed by atoms with Crippen LogP contribution in [-0.2, 0) is 27.9 Å². The molecule has 1 aliphatic rings. The van der Waals surface area contributed by atoms with Gasteiger partial charge in [0.1, 0.15) is 22.1 Å². The number of thiophene rings is 1. The zero-order chi connectivity index (χ0) is 24.6. The van der Waals surface area contributed by atoms with Crippen LogP contribution in [0.1, 0.15) is 30.7 Å². The van der Waals surface area contributed by atoms with E-state index >= 15 is 0 Å². The summed E-state index contributed by atoms with van der Waals surface area (Å²) in [4.78, 5) is 30.8. The van der Waals surface area contributed by atoms with Crippen molar-refractivity contribution in [2.75, 3.05) is 13.1 Å². The van der Waals surface area contributed by atoms with Crippen LogP contribution in [0.3, 0.4) is 0 Å². The highest BCUT2D eigenvalue weighted by Crippen LogP contribution is 2.35. The Morgan fingerprint density at radius 3 is 2.50 bits per heavy atom. The first kappa shape index (κ1) is 24.5. The summed E-state index contributed by atoms with van der Waals surface area (Å²) in [5, 5.41) is 2.71. The number of hydrogen-bond acceptors (Lipinski definition) is 6.